The lowest BCUT2D eigenvalue weighted by Gasteiger charge is -2.38. The third kappa shape index (κ3) is 3.83. The minimum atomic E-state index is -0.725. The topological polar surface area (TPSA) is 43.8 Å². The van der Waals surface area contributed by atoms with Crippen molar-refractivity contribution in [1.82, 2.24) is 9.80 Å². The molecule has 0 bridgehead atoms. The Bertz CT molecular complexity index is 520. The number of carboxylic acids is 1. The van der Waals surface area contributed by atoms with Crippen LogP contribution in [0.5, 0.6) is 0 Å². The van der Waals surface area contributed by atoms with Gasteiger partial charge < -0.3 is 10.0 Å². The number of benzene rings is 1. The highest BCUT2D eigenvalue weighted by atomic mass is 16.4. The number of nitrogens with zero attached hydrogens (tertiary/aromatic N) is 2. The Morgan fingerprint density at radius 2 is 1.67 bits per heavy atom. The average Bonchev–Trinajstić information content (AvgIpc) is 2.41. The van der Waals surface area contributed by atoms with Crippen LogP contribution in [0.1, 0.15) is 34.7 Å². The van der Waals surface area contributed by atoms with Gasteiger partial charge in [0.05, 0.1) is 6.42 Å². The van der Waals surface area contributed by atoms with E-state index in [4.69, 9.17) is 0 Å². The van der Waals surface area contributed by atoms with E-state index >= 15 is 0 Å². The second-order valence-corrected chi connectivity index (χ2v) is 6.25. The van der Waals surface area contributed by atoms with Crippen LogP contribution in [0.4, 0.5) is 0 Å². The molecule has 1 fully saturated rings. The van der Waals surface area contributed by atoms with Gasteiger partial charge in [0, 0.05) is 32.2 Å². The summed E-state index contributed by atoms with van der Waals surface area (Å²) in [6.07, 6.45) is 0.174. The molecule has 1 unspecified atom stereocenters. The number of piperazine rings is 1. The van der Waals surface area contributed by atoms with E-state index in [9.17, 15) is 9.90 Å². The molecule has 1 aromatic carbocycles. The quantitative estimate of drug-likeness (QED) is 0.924. The number of carbonyl (C=O) groups is 1. The molecular formula is C17H26N2O2. The van der Waals surface area contributed by atoms with Gasteiger partial charge in [0.15, 0.2) is 0 Å². The summed E-state index contributed by atoms with van der Waals surface area (Å²) < 4.78 is 0. The van der Waals surface area contributed by atoms with Crippen LogP contribution >= 0.6 is 0 Å². The van der Waals surface area contributed by atoms with Crippen LogP contribution in [0.25, 0.3) is 0 Å². The number of likely N-dealkylation sites (N-methyl/N-ethyl adjacent to an activating group) is 1. The molecule has 4 nitrogen and oxygen atoms in total. The number of carboxylic acid groups (broad SMARTS) is 1. The second kappa shape index (κ2) is 6.58. The Morgan fingerprint density at radius 1 is 1.10 bits per heavy atom. The summed E-state index contributed by atoms with van der Waals surface area (Å²) >= 11 is 0. The largest absolute Gasteiger partial charge is 0.481 e. The molecular weight excluding hydrogens is 264 g/mol. The van der Waals surface area contributed by atoms with Gasteiger partial charge in [-0.3, -0.25) is 9.69 Å². The Labute approximate surface area is 127 Å². The van der Waals surface area contributed by atoms with Gasteiger partial charge in [-0.05, 0) is 50.1 Å². The zero-order valence-electron chi connectivity index (χ0n) is 13.5. The molecule has 1 N–H and O–H groups in total. The van der Waals surface area contributed by atoms with Crippen molar-refractivity contribution in [1.29, 1.82) is 0 Å². The maximum Gasteiger partial charge on any atom is 0.305 e. The molecule has 1 aromatic rings. The van der Waals surface area contributed by atoms with Crippen LogP contribution in [0.15, 0.2) is 12.1 Å². The molecule has 0 saturated carbocycles. The van der Waals surface area contributed by atoms with E-state index in [0.29, 0.717) is 0 Å². The standard InChI is InChI=1S/C17H26N2O2/c1-12-9-14(3)15(10-13(12)2)16(11-17(20)21)19-7-5-18(4)6-8-19/h9-10,16H,5-8,11H2,1-4H3,(H,20,21). The fourth-order valence-corrected chi connectivity index (χ4v) is 3.08. The first kappa shape index (κ1) is 16.0. The predicted octanol–water partition coefficient (Wildman–Crippen LogP) is 2.38. The molecule has 1 atom stereocenters. The first-order valence-corrected chi connectivity index (χ1v) is 7.60. The van der Waals surface area contributed by atoms with Gasteiger partial charge in [-0.25, -0.2) is 0 Å². The lowest BCUT2D eigenvalue weighted by molar-refractivity contribution is -0.138. The Balaban J connectivity index is 2.31. The first-order valence-electron chi connectivity index (χ1n) is 7.60. The zero-order chi connectivity index (χ0) is 15.6. The summed E-state index contributed by atoms with van der Waals surface area (Å²) in [4.78, 5) is 15.9. The predicted molar refractivity (Wildman–Crippen MR) is 84.7 cm³/mol. The van der Waals surface area contributed by atoms with Crippen LogP contribution in [0, 0.1) is 20.8 Å². The van der Waals surface area contributed by atoms with Gasteiger partial charge in [0.25, 0.3) is 0 Å². The van der Waals surface area contributed by atoms with Crippen LogP contribution in [-0.4, -0.2) is 54.1 Å². The third-order valence-corrected chi connectivity index (χ3v) is 4.59. The highest BCUT2D eigenvalue weighted by Crippen LogP contribution is 2.30. The van der Waals surface area contributed by atoms with Gasteiger partial charge in [-0.2, -0.15) is 0 Å². The summed E-state index contributed by atoms with van der Waals surface area (Å²) in [7, 11) is 2.12. The Morgan fingerprint density at radius 3 is 2.24 bits per heavy atom. The Kier molecular flexibility index (Phi) is 5.01. The van der Waals surface area contributed by atoms with Crippen molar-refractivity contribution in [2.75, 3.05) is 33.2 Å². The van der Waals surface area contributed by atoms with Crippen LogP contribution in [-0.2, 0) is 4.79 Å². The van der Waals surface area contributed by atoms with E-state index in [0.717, 1.165) is 26.2 Å². The van der Waals surface area contributed by atoms with E-state index in [1.54, 1.807) is 0 Å². The van der Waals surface area contributed by atoms with Crippen molar-refractivity contribution in [2.45, 2.75) is 33.2 Å². The molecule has 2 rings (SSSR count). The molecule has 0 aliphatic carbocycles. The summed E-state index contributed by atoms with van der Waals surface area (Å²) in [6.45, 7) is 10.2. The van der Waals surface area contributed by atoms with E-state index in [-0.39, 0.29) is 12.5 Å². The van der Waals surface area contributed by atoms with Gasteiger partial charge in [-0.1, -0.05) is 12.1 Å². The van der Waals surface area contributed by atoms with Gasteiger partial charge in [0.2, 0.25) is 0 Å². The van der Waals surface area contributed by atoms with Gasteiger partial charge >= 0.3 is 5.97 Å². The number of aryl methyl sites for hydroxylation is 3. The summed E-state index contributed by atoms with van der Waals surface area (Å²) in [5.41, 5.74) is 4.87. The minimum absolute atomic E-state index is 0.0181. The van der Waals surface area contributed by atoms with Crippen LogP contribution in [0.3, 0.4) is 0 Å². The van der Waals surface area contributed by atoms with Crippen molar-refractivity contribution >= 4 is 5.97 Å². The maximum absolute atomic E-state index is 11.3. The van der Waals surface area contributed by atoms with E-state index in [1.807, 2.05) is 0 Å². The van der Waals surface area contributed by atoms with Crippen molar-refractivity contribution in [2.24, 2.45) is 0 Å². The molecule has 0 spiro atoms. The van der Waals surface area contributed by atoms with Crippen molar-refractivity contribution in [3.8, 4) is 0 Å². The second-order valence-electron chi connectivity index (χ2n) is 6.25. The van der Waals surface area contributed by atoms with E-state index < -0.39 is 5.97 Å². The number of hydrogen-bond acceptors (Lipinski definition) is 3. The molecule has 4 heteroatoms. The molecule has 0 radical (unpaired) electrons. The third-order valence-electron chi connectivity index (χ3n) is 4.59. The van der Waals surface area contributed by atoms with E-state index in [2.05, 4.69) is 49.8 Å². The van der Waals surface area contributed by atoms with Crippen LogP contribution in [0.2, 0.25) is 0 Å². The SMILES string of the molecule is Cc1cc(C)c(C(CC(=O)O)N2CCN(C)CC2)cc1C. The van der Waals surface area contributed by atoms with Crippen LogP contribution < -0.4 is 0 Å². The van der Waals surface area contributed by atoms with Gasteiger partial charge in [0.1, 0.15) is 0 Å². The lowest BCUT2D eigenvalue weighted by Crippen LogP contribution is -2.46. The maximum atomic E-state index is 11.3. The van der Waals surface area contributed by atoms with Crippen molar-refractivity contribution < 1.29 is 9.90 Å². The Hall–Kier alpha value is -1.39. The van der Waals surface area contributed by atoms with Crippen molar-refractivity contribution in [3.63, 3.8) is 0 Å². The molecule has 1 aliphatic rings. The number of rotatable bonds is 4. The molecule has 116 valence electrons. The lowest BCUT2D eigenvalue weighted by atomic mass is 9.92. The highest BCUT2D eigenvalue weighted by molar-refractivity contribution is 5.68. The molecule has 21 heavy (non-hydrogen) atoms. The fraction of sp³-hybridized carbons (Fsp3) is 0.588. The smallest absolute Gasteiger partial charge is 0.305 e. The summed E-state index contributed by atoms with van der Waals surface area (Å²) in [6, 6.07) is 4.34. The number of hydrogen-bond donors (Lipinski definition) is 1. The van der Waals surface area contributed by atoms with E-state index in [1.165, 1.54) is 22.3 Å². The summed E-state index contributed by atoms with van der Waals surface area (Å²) in [5, 5.41) is 9.31. The average molecular weight is 290 g/mol. The molecule has 0 amide bonds. The summed E-state index contributed by atoms with van der Waals surface area (Å²) in [5.74, 6) is -0.725. The molecule has 1 heterocycles. The first-order chi connectivity index (χ1) is 9.88. The monoisotopic (exact) mass is 290 g/mol. The fourth-order valence-electron chi connectivity index (χ4n) is 3.08. The highest BCUT2D eigenvalue weighted by Gasteiger charge is 2.27. The number of aliphatic carboxylic acids is 1. The minimum Gasteiger partial charge on any atom is -0.481 e. The van der Waals surface area contributed by atoms with Gasteiger partial charge in [-0.15, -0.1) is 0 Å². The molecule has 1 aliphatic heterocycles. The molecule has 0 aromatic heterocycles. The normalized spacial score (nSPS) is 18.7. The molecule has 1 saturated heterocycles. The van der Waals surface area contributed by atoms with Crippen molar-refractivity contribution in [3.05, 3.63) is 34.4 Å². The zero-order valence-corrected chi connectivity index (χ0v) is 13.5.